The number of Topliss-reactive ketones (excluding diaryl/α,β-unsaturated/α-hetero) is 1. The second-order valence-corrected chi connectivity index (χ2v) is 18.0. The fourth-order valence-corrected chi connectivity index (χ4v) is 9.17. The first-order chi connectivity index (χ1) is 35.6. The Morgan fingerprint density at radius 1 is 0.784 bits per heavy atom. The molecule has 0 bridgehead atoms. The van der Waals surface area contributed by atoms with Crippen molar-refractivity contribution < 1.29 is 57.8 Å². The Morgan fingerprint density at radius 2 is 1.34 bits per heavy atom. The highest BCUT2D eigenvalue weighted by Crippen LogP contribution is 2.34. The zero-order chi connectivity index (χ0) is 52.8. The van der Waals surface area contributed by atoms with E-state index in [1.807, 2.05) is 26.0 Å². The standard InChI is InChI=1S/C50H64N12O12/c1-8-61-35(21-28(3)56-61)46(67)54-49-53-34-24-32(45(51)66)26-37(69-6)40(34)59(49)13-10-11-14-60-41-33(52-50(60)55-47(68)36-22-29(4)57-62(36)9-2)23-31(30(5)63)25-38(41)72-17-12-18-73-44-43(65)42(64)39(74-48(44)70-7)27-58-15-19-71-20-16-58/h10-11,21-26,39,42-44,48,64-65H,8-9,12-20,27H2,1-7H3,(H2,51,66)(H,52,55,68)(H,53,54,67)/b11-10+/t39-,42-,43+,44-,48+/m1/s1. The van der Waals surface area contributed by atoms with Crippen LogP contribution in [0.4, 0.5) is 11.9 Å². The number of fused-ring (bicyclic) bond motifs is 2. The number of rotatable bonds is 22. The van der Waals surface area contributed by atoms with Crippen LogP contribution in [0, 0.1) is 13.8 Å². The monoisotopic (exact) mass is 1020 g/mol. The molecule has 24 nitrogen and oxygen atoms in total. The number of aliphatic hydroxyl groups excluding tert-OH is 2. The van der Waals surface area contributed by atoms with E-state index in [1.165, 1.54) is 33.3 Å². The molecule has 0 spiro atoms. The summed E-state index contributed by atoms with van der Waals surface area (Å²) in [6.45, 7) is 13.0. The number of anilines is 2. The topological polar surface area (TPSA) is 289 Å². The Kier molecular flexibility index (Phi) is 16.9. The molecule has 24 heteroatoms. The molecule has 0 radical (unpaired) electrons. The van der Waals surface area contributed by atoms with Crippen LogP contribution in [0.25, 0.3) is 22.1 Å². The Hall–Kier alpha value is -7.06. The van der Waals surface area contributed by atoms with Crippen LogP contribution in [0.2, 0.25) is 0 Å². The van der Waals surface area contributed by atoms with Gasteiger partial charge in [0, 0.05) is 70.5 Å². The summed E-state index contributed by atoms with van der Waals surface area (Å²) in [6.07, 6.45) is -1.20. The van der Waals surface area contributed by atoms with Crippen LogP contribution in [0.5, 0.6) is 11.5 Å². The summed E-state index contributed by atoms with van der Waals surface area (Å²) in [4.78, 5) is 64.7. The number of nitrogens with one attached hydrogen (secondary N) is 2. The highest BCUT2D eigenvalue weighted by atomic mass is 16.7. The molecule has 2 aliphatic heterocycles. The number of morpholine rings is 1. The molecule has 2 aromatic carbocycles. The largest absolute Gasteiger partial charge is 0.494 e. The third-order valence-electron chi connectivity index (χ3n) is 12.9. The molecule has 4 aromatic heterocycles. The number of carbonyl (C=O) groups excluding carboxylic acids is 4. The van der Waals surface area contributed by atoms with E-state index < -0.39 is 48.4 Å². The number of aromatic nitrogens is 8. The third-order valence-corrected chi connectivity index (χ3v) is 12.9. The average Bonchev–Trinajstić information content (AvgIpc) is 4.16. The molecular formula is C50H64N12O12. The number of amides is 3. The quantitative estimate of drug-likeness (QED) is 0.0371. The van der Waals surface area contributed by atoms with Gasteiger partial charge in [-0.25, -0.2) is 9.97 Å². The number of allylic oxidation sites excluding steroid dienone is 2. The Labute approximate surface area is 426 Å². The number of aliphatic hydroxyl groups is 2. The maximum absolute atomic E-state index is 14.0. The number of hydrogen-bond donors (Lipinski definition) is 5. The summed E-state index contributed by atoms with van der Waals surface area (Å²) >= 11 is 0. The van der Waals surface area contributed by atoms with Crippen molar-refractivity contribution in [2.24, 2.45) is 5.73 Å². The molecule has 0 unspecified atom stereocenters. The van der Waals surface area contributed by atoms with Crippen molar-refractivity contribution in [3.05, 3.63) is 82.5 Å². The Balaban J connectivity index is 1.07. The smallest absolute Gasteiger partial charge is 0.276 e. The molecule has 6 N–H and O–H groups in total. The molecule has 2 fully saturated rings. The first kappa shape index (κ1) is 53.2. The number of ketones is 1. The summed E-state index contributed by atoms with van der Waals surface area (Å²) in [7, 11) is 2.90. The van der Waals surface area contributed by atoms with Gasteiger partial charge in [0.25, 0.3) is 11.8 Å². The highest BCUT2D eigenvalue weighted by Gasteiger charge is 2.46. The van der Waals surface area contributed by atoms with Crippen LogP contribution >= 0.6 is 0 Å². The maximum Gasteiger partial charge on any atom is 0.276 e. The van der Waals surface area contributed by atoms with Gasteiger partial charge in [-0.3, -0.25) is 44.1 Å². The second kappa shape index (κ2) is 23.4. The van der Waals surface area contributed by atoms with Gasteiger partial charge in [-0.15, -0.1) is 0 Å². The molecule has 0 aliphatic carbocycles. The van der Waals surface area contributed by atoms with E-state index in [0.717, 1.165) is 0 Å². The van der Waals surface area contributed by atoms with Crippen molar-refractivity contribution >= 4 is 57.5 Å². The summed E-state index contributed by atoms with van der Waals surface area (Å²) in [5.41, 5.74) is 9.76. The van der Waals surface area contributed by atoms with Gasteiger partial charge in [-0.2, -0.15) is 10.2 Å². The number of nitrogens with two attached hydrogens (primary N) is 1. The lowest BCUT2D eigenvalue weighted by molar-refractivity contribution is -0.301. The first-order valence-corrected chi connectivity index (χ1v) is 24.5. The number of imidazole rings is 2. The molecule has 0 saturated carbocycles. The minimum absolute atomic E-state index is 0.0804. The molecular weight excluding hydrogens is 961 g/mol. The number of ether oxygens (including phenoxy) is 6. The number of primary amides is 1. The van der Waals surface area contributed by atoms with Crippen molar-refractivity contribution in [1.82, 2.24) is 43.6 Å². The van der Waals surface area contributed by atoms with Gasteiger partial charge in [0.15, 0.2) is 12.1 Å². The zero-order valence-corrected chi connectivity index (χ0v) is 42.6. The van der Waals surface area contributed by atoms with Gasteiger partial charge < -0.3 is 53.5 Å². The van der Waals surface area contributed by atoms with Crippen LogP contribution in [0.15, 0.2) is 48.6 Å². The van der Waals surface area contributed by atoms with E-state index in [-0.39, 0.29) is 49.5 Å². The van der Waals surface area contributed by atoms with E-state index in [1.54, 1.807) is 56.6 Å². The first-order valence-electron chi connectivity index (χ1n) is 24.5. The Morgan fingerprint density at radius 3 is 1.86 bits per heavy atom. The van der Waals surface area contributed by atoms with Crippen molar-refractivity contribution in [2.45, 2.75) is 97.9 Å². The van der Waals surface area contributed by atoms with Crippen molar-refractivity contribution in [2.75, 3.05) is 70.9 Å². The molecule has 2 saturated heterocycles. The van der Waals surface area contributed by atoms with E-state index in [9.17, 15) is 29.4 Å². The fraction of sp³-hybridized carbons (Fsp3) is 0.480. The van der Waals surface area contributed by atoms with E-state index >= 15 is 0 Å². The molecule has 6 heterocycles. The number of carbonyl (C=O) groups is 4. The summed E-state index contributed by atoms with van der Waals surface area (Å²) < 4.78 is 41.9. The number of aryl methyl sites for hydroxylation is 4. The van der Waals surface area contributed by atoms with E-state index in [2.05, 4.69) is 25.7 Å². The zero-order valence-electron chi connectivity index (χ0n) is 42.6. The summed E-state index contributed by atoms with van der Waals surface area (Å²) in [6, 6.07) is 9.63. The minimum Gasteiger partial charge on any atom is -0.494 e. The van der Waals surface area contributed by atoms with Gasteiger partial charge in [0.2, 0.25) is 17.8 Å². The molecule has 3 amide bonds. The van der Waals surface area contributed by atoms with Crippen LogP contribution < -0.4 is 25.8 Å². The number of hydrogen-bond acceptors (Lipinski definition) is 17. The van der Waals surface area contributed by atoms with Gasteiger partial charge >= 0.3 is 0 Å². The van der Waals surface area contributed by atoms with Crippen molar-refractivity contribution in [3.8, 4) is 11.5 Å². The second-order valence-electron chi connectivity index (χ2n) is 18.0. The highest BCUT2D eigenvalue weighted by molar-refractivity contribution is 6.05. The molecule has 74 heavy (non-hydrogen) atoms. The third kappa shape index (κ3) is 11.5. The molecule has 5 atom stereocenters. The number of nitrogens with zero attached hydrogens (tertiary/aromatic N) is 9. The lowest BCUT2D eigenvalue weighted by Gasteiger charge is -2.43. The van der Waals surface area contributed by atoms with Crippen LogP contribution in [-0.2, 0) is 45.1 Å². The molecule has 2 aliphatic rings. The number of methoxy groups -OCH3 is 2. The van der Waals surface area contributed by atoms with Gasteiger partial charge in [-0.05, 0) is 71.0 Å². The lowest BCUT2D eigenvalue weighted by atomic mass is 9.98. The summed E-state index contributed by atoms with van der Waals surface area (Å²) in [5, 5.41) is 37.0. The average molecular weight is 1030 g/mol. The van der Waals surface area contributed by atoms with Crippen LogP contribution in [0.1, 0.15) is 80.3 Å². The maximum atomic E-state index is 14.0. The normalized spacial score (nSPS) is 19.4. The SMILES string of the molecule is CCn1nc(C)cc1C(=O)Nc1nc2cc(C(N)=O)cc(OC)c2n1C/C=C/Cn1c(NC(=O)c2cc(C)nn2CC)nc2cc(C(C)=O)cc(OCCCO[C@H]3[C@@H](OC)O[C@H](CN4CCOCC4)[C@@H](O)[C@@H]3O)c21. The predicted molar refractivity (Wildman–Crippen MR) is 270 cm³/mol. The predicted octanol–water partition coefficient (Wildman–Crippen LogP) is 3.09. The number of benzene rings is 2. The van der Waals surface area contributed by atoms with E-state index in [4.69, 9.17) is 44.1 Å². The van der Waals surface area contributed by atoms with Crippen molar-refractivity contribution in [1.29, 1.82) is 0 Å². The minimum atomic E-state index is -1.29. The van der Waals surface area contributed by atoms with Crippen LogP contribution in [0.3, 0.4) is 0 Å². The van der Waals surface area contributed by atoms with Gasteiger partial charge in [-0.1, -0.05) is 12.2 Å². The van der Waals surface area contributed by atoms with Crippen molar-refractivity contribution in [3.63, 3.8) is 0 Å². The van der Waals surface area contributed by atoms with Crippen LogP contribution in [-0.4, -0.2) is 168 Å². The summed E-state index contributed by atoms with van der Waals surface area (Å²) in [5.74, 6) is -0.958. The molecule has 6 aromatic rings. The Bertz CT molecular complexity index is 3040. The lowest BCUT2D eigenvalue weighted by Crippen LogP contribution is -2.61. The van der Waals surface area contributed by atoms with Gasteiger partial charge in [0.1, 0.15) is 58.3 Å². The molecule has 8 rings (SSSR count). The fourth-order valence-electron chi connectivity index (χ4n) is 9.17. The molecule has 396 valence electrons. The van der Waals surface area contributed by atoms with Gasteiger partial charge in [0.05, 0.1) is 56.0 Å². The van der Waals surface area contributed by atoms with E-state index in [0.29, 0.717) is 114 Å².